The van der Waals surface area contributed by atoms with Gasteiger partial charge < -0.3 is 19.7 Å². The van der Waals surface area contributed by atoms with Gasteiger partial charge in [-0.15, -0.1) is 0 Å². The zero-order valence-electron chi connectivity index (χ0n) is 13.8. The summed E-state index contributed by atoms with van der Waals surface area (Å²) in [7, 11) is 5.40. The summed E-state index contributed by atoms with van der Waals surface area (Å²) in [5, 5.41) is 3.42. The van der Waals surface area contributed by atoms with Crippen molar-refractivity contribution in [2.45, 2.75) is 19.9 Å². The molecule has 0 bridgehead atoms. The minimum atomic E-state index is 0.267. The van der Waals surface area contributed by atoms with Crippen molar-refractivity contribution >= 4 is 0 Å². The Morgan fingerprint density at radius 3 is 2.38 bits per heavy atom. The summed E-state index contributed by atoms with van der Waals surface area (Å²) in [5.41, 5.74) is 1.19. The summed E-state index contributed by atoms with van der Waals surface area (Å²) in [4.78, 5) is 2.54. The molecule has 1 saturated heterocycles. The van der Waals surface area contributed by atoms with Gasteiger partial charge in [0.15, 0.2) is 0 Å². The maximum Gasteiger partial charge on any atom is 0.127 e. The van der Waals surface area contributed by atoms with E-state index in [9.17, 15) is 0 Å². The molecule has 3 unspecified atom stereocenters. The lowest BCUT2D eigenvalue weighted by atomic mass is 10.0. The van der Waals surface area contributed by atoms with Crippen LogP contribution in [0, 0.1) is 11.8 Å². The minimum absolute atomic E-state index is 0.267. The molecule has 1 heterocycles. The Kier molecular flexibility index (Phi) is 5.48. The predicted octanol–water partition coefficient (Wildman–Crippen LogP) is 2.55. The average Bonchev–Trinajstić information content (AvgIpc) is 2.82. The highest BCUT2D eigenvalue weighted by molar-refractivity contribution is 5.42. The predicted molar refractivity (Wildman–Crippen MR) is 86.1 cm³/mol. The molecule has 1 aliphatic rings. The number of hydrogen-bond acceptors (Lipinski definition) is 4. The molecule has 1 N–H and O–H groups in total. The number of nitrogens with one attached hydrogen (secondary N) is 1. The quantitative estimate of drug-likeness (QED) is 0.873. The number of likely N-dealkylation sites (tertiary alicyclic amines) is 1. The second-order valence-electron chi connectivity index (χ2n) is 6.12. The van der Waals surface area contributed by atoms with Gasteiger partial charge in [0.1, 0.15) is 11.5 Å². The van der Waals surface area contributed by atoms with Crippen LogP contribution in [0.2, 0.25) is 0 Å². The SMILES string of the molecule is CNC(CN1CC(C)C(C)C1)c1ccc(OC)cc1OC. The number of nitrogens with zero attached hydrogens (tertiary/aromatic N) is 1. The topological polar surface area (TPSA) is 33.7 Å². The maximum atomic E-state index is 5.54. The van der Waals surface area contributed by atoms with Crippen molar-refractivity contribution < 1.29 is 9.47 Å². The Morgan fingerprint density at radius 1 is 1.19 bits per heavy atom. The van der Waals surface area contributed by atoms with Gasteiger partial charge in [-0.3, -0.25) is 0 Å². The monoisotopic (exact) mass is 292 g/mol. The fourth-order valence-electron chi connectivity index (χ4n) is 3.11. The normalized spacial score (nSPS) is 24.0. The molecule has 0 spiro atoms. The number of methoxy groups -OCH3 is 2. The van der Waals surface area contributed by atoms with Crippen LogP contribution in [0.25, 0.3) is 0 Å². The molecular weight excluding hydrogens is 264 g/mol. The van der Waals surface area contributed by atoms with E-state index < -0.39 is 0 Å². The van der Waals surface area contributed by atoms with Gasteiger partial charge >= 0.3 is 0 Å². The summed E-state index contributed by atoms with van der Waals surface area (Å²) in [6.45, 7) is 8.05. The van der Waals surface area contributed by atoms with Gasteiger partial charge in [0.05, 0.1) is 14.2 Å². The fourth-order valence-corrected chi connectivity index (χ4v) is 3.11. The maximum absolute atomic E-state index is 5.54. The standard InChI is InChI=1S/C17H28N2O2/c1-12-9-19(10-13(12)2)11-16(18-3)15-7-6-14(20-4)8-17(15)21-5/h6-8,12-13,16,18H,9-11H2,1-5H3. The first-order valence-electron chi connectivity index (χ1n) is 7.70. The van der Waals surface area contributed by atoms with Crippen molar-refractivity contribution in [3.05, 3.63) is 23.8 Å². The lowest BCUT2D eigenvalue weighted by Crippen LogP contribution is -2.32. The fraction of sp³-hybridized carbons (Fsp3) is 0.647. The van der Waals surface area contributed by atoms with E-state index >= 15 is 0 Å². The van der Waals surface area contributed by atoms with Crippen LogP contribution in [0.3, 0.4) is 0 Å². The number of ether oxygens (including phenoxy) is 2. The molecule has 1 aliphatic heterocycles. The Morgan fingerprint density at radius 2 is 1.86 bits per heavy atom. The van der Waals surface area contributed by atoms with Crippen LogP contribution in [0.1, 0.15) is 25.5 Å². The molecular formula is C17H28N2O2. The van der Waals surface area contributed by atoms with Crippen molar-refractivity contribution in [3.8, 4) is 11.5 Å². The van der Waals surface area contributed by atoms with Crippen LogP contribution in [-0.2, 0) is 0 Å². The van der Waals surface area contributed by atoms with Crippen LogP contribution < -0.4 is 14.8 Å². The van der Waals surface area contributed by atoms with E-state index in [0.29, 0.717) is 0 Å². The van der Waals surface area contributed by atoms with Crippen LogP contribution in [0.4, 0.5) is 0 Å². The van der Waals surface area contributed by atoms with Gasteiger partial charge in [0, 0.05) is 37.3 Å². The van der Waals surface area contributed by atoms with E-state index in [2.05, 4.69) is 30.1 Å². The van der Waals surface area contributed by atoms with E-state index in [1.807, 2.05) is 19.2 Å². The van der Waals surface area contributed by atoms with Gasteiger partial charge in [-0.05, 0) is 24.9 Å². The molecule has 1 fully saturated rings. The third kappa shape index (κ3) is 3.69. The summed E-state index contributed by atoms with van der Waals surface area (Å²) in [6, 6.07) is 6.32. The Hall–Kier alpha value is -1.26. The van der Waals surface area contributed by atoms with Gasteiger partial charge in [-0.2, -0.15) is 0 Å². The van der Waals surface area contributed by atoms with E-state index in [1.165, 1.54) is 18.7 Å². The van der Waals surface area contributed by atoms with Gasteiger partial charge in [-0.1, -0.05) is 19.9 Å². The lowest BCUT2D eigenvalue weighted by molar-refractivity contribution is 0.283. The third-order valence-corrected chi connectivity index (χ3v) is 4.67. The first-order valence-corrected chi connectivity index (χ1v) is 7.70. The molecule has 0 saturated carbocycles. The molecule has 0 aromatic heterocycles. The molecule has 4 heteroatoms. The first-order chi connectivity index (χ1) is 10.1. The number of benzene rings is 1. The molecule has 3 atom stereocenters. The third-order valence-electron chi connectivity index (χ3n) is 4.67. The van der Waals surface area contributed by atoms with Gasteiger partial charge in [-0.25, -0.2) is 0 Å². The average molecular weight is 292 g/mol. The summed E-state index contributed by atoms with van der Waals surface area (Å²) in [6.07, 6.45) is 0. The smallest absolute Gasteiger partial charge is 0.127 e. The second kappa shape index (κ2) is 7.14. The molecule has 1 aromatic rings. The van der Waals surface area contributed by atoms with Crippen LogP contribution in [0.15, 0.2) is 18.2 Å². The van der Waals surface area contributed by atoms with Gasteiger partial charge in [0.2, 0.25) is 0 Å². The van der Waals surface area contributed by atoms with Crippen LogP contribution in [-0.4, -0.2) is 45.8 Å². The van der Waals surface area contributed by atoms with Crippen molar-refractivity contribution in [2.24, 2.45) is 11.8 Å². The van der Waals surface area contributed by atoms with Gasteiger partial charge in [0.25, 0.3) is 0 Å². The van der Waals surface area contributed by atoms with Crippen LogP contribution >= 0.6 is 0 Å². The number of rotatable bonds is 6. The lowest BCUT2D eigenvalue weighted by Gasteiger charge is -2.25. The molecule has 21 heavy (non-hydrogen) atoms. The van der Waals surface area contributed by atoms with E-state index in [4.69, 9.17) is 9.47 Å². The highest BCUT2D eigenvalue weighted by Crippen LogP contribution is 2.31. The molecule has 0 aliphatic carbocycles. The first kappa shape index (κ1) is 16.1. The zero-order valence-corrected chi connectivity index (χ0v) is 13.8. The molecule has 2 rings (SSSR count). The van der Waals surface area contributed by atoms with E-state index in [0.717, 1.165) is 29.9 Å². The summed E-state index contributed by atoms with van der Waals surface area (Å²) in [5.74, 6) is 3.27. The Bertz CT molecular complexity index is 454. The van der Waals surface area contributed by atoms with Crippen molar-refractivity contribution in [1.29, 1.82) is 0 Å². The largest absolute Gasteiger partial charge is 0.497 e. The second-order valence-corrected chi connectivity index (χ2v) is 6.12. The Labute approximate surface area is 128 Å². The number of hydrogen-bond donors (Lipinski definition) is 1. The highest BCUT2D eigenvalue weighted by Gasteiger charge is 2.28. The highest BCUT2D eigenvalue weighted by atomic mass is 16.5. The van der Waals surface area contributed by atoms with E-state index in [-0.39, 0.29) is 6.04 Å². The number of likely N-dealkylation sites (N-methyl/N-ethyl adjacent to an activating group) is 1. The minimum Gasteiger partial charge on any atom is -0.497 e. The summed E-state index contributed by atoms with van der Waals surface area (Å²) >= 11 is 0. The molecule has 4 nitrogen and oxygen atoms in total. The molecule has 0 radical (unpaired) electrons. The van der Waals surface area contributed by atoms with Crippen LogP contribution in [0.5, 0.6) is 11.5 Å². The summed E-state index contributed by atoms with van der Waals surface area (Å²) < 4.78 is 10.8. The zero-order chi connectivity index (χ0) is 15.4. The Balaban J connectivity index is 2.14. The molecule has 0 amide bonds. The van der Waals surface area contributed by atoms with E-state index in [1.54, 1.807) is 14.2 Å². The van der Waals surface area contributed by atoms with Crippen molar-refractivity contribution in [2.75, 3.05) is 40.9 Å². The van der Waals surface area contributed by atoms with Crippen molar-refractivity contribution in [1.82, 2.24) is 10.2 Å². The van der Waals surface area contributed by atoms with Crippen molar-refractivity contribution in [3.63, 3.8) is 0 Å². The molecule has 118 valence electrons. The molecule has 1 aromatic carbocycles.